The molecule has 0 saturated heterocycles. The topological polar surface area (TPSA) is 38.7 Å². The smallest absolute Gasteiger partial charge is 0.185 e. The minimum Gasteiger partial charge on any atom is -0.225 e. The van der Waals surface area contributed by atoms with E-state index in [2.05, 4.69) is 15.2 Å². The molecule has 3 nitrogen and oxygen atoms in total. The van der Waals surface area contributed by atoms with Crippen molar-refractivity contribution < 1.29 is 17.6 Å². The summed E-state index contributed by atoms with van der Waals surface area (Å²) in [6.07, 6.45) is 1.32. The van der Waals surface area contributed by atoms with E-state index >= 15 is 0 Å². The molecule has 3 aromatic carbocycles. The fourth-order valence-electron chi connectivity index (χ4n) is 2.80. The molecule has 1 aromatic heterocycles. The van der Waals surface area contributed by atoms with E-state index < -0.39 is 23.3 Å². The summed E-state index contributed by atoms with van der Waals surface area (Å²) in [6.45, 7) is 0. The number of nitrogens with zero attached hydrogens (tertiary/aromatic N) is 3. The maximum Gasteiger partial charge on any atom is 0.185 e. The normalized spacial score (nSPS) is 10.9. The Labute approximate surface area is 157 Å². The van der Waals surface area contributed by atoms with Crippen molar-refractivity contribution in [3.05, 3.63) is 90.1 Å². The first kappa shape index (κ1) is 17.8. The molecule has 28 heavy (non-hydrogen) atoms. The SMILES string of the molecule is Fc1ccc(-c2nncc(-c3ccc(F)c(-c4ccccc4F)c3)n2)c(F)c1. The molecule has 0 fully saturated rings. The fourth-order valence-corrected chi connectivity index (χ4v) is 2.80. The Morgan fingerprint density at radius 1 is 0.643 bits per heavy atom. The lowest BCUT2D eigenvalue weighted by molar-refractivity contribution is 0.584. The van der Waals surface area contributed by atoms with E-state index in [0.29, 0.717) is 5.56 Å². The van der Waals surface area contributed by atoms with Crippen molar-refractivity contribution in [3.63, 3.8) is 0 Å². The molecule has 138 valence electrons. The van der Waals surface area contributed by atoms with Crippen molar-refractivity contribution >= 4 is 0 Å². The quantitative estimate of drug-likeness (QED) is 0.444. The summed E-state index contributed by atoms with van der Waals surface area (Å²) < 4.78 is 55.5. The van der Waals surface area contributed by atoms with Crippen LogP contribution in [0.3, 0.4) is 0 Å². The fraction of sp³-hybridized carbons (Fsp3) is 0. The van der Waals surface area contributed by atoms with Crippen LogP contribution < -0.4 is 0 Å². The molecular weight excluding hydrogens is 370 g/mol. The maximum atomic E-state index is 14.3. The second kappa shape index (κ2) is 7.19. The van der Waals surface area contributed by atoms with Gasteiger partial charge in [-0.15, -0.1) is 5.10 Å². The Balaban J connectivity index is 1.80. The van der Waals surface area contributed by atoms with Crippen LogP contribution in [-0.2, 0) is 0 Å². The highest BCUT2D eigenvalue weighted by molar-refractivity contribution is 5.72. The minimum absolute atomic E-state index is 0.0211. The van der Waals surface area contributed by atoms with Gasteiger partial charge in [-0.25, -0.2) is 22.5 Å². The van der Waals surface area contributed by atoms with Gasteiger partial charge in [-0.3, -0.25) is 0 Å². The second-order valence-electron chi connectivity index (χ2n) is 5.96. The molecule has 4 aromatic rings. The van der Waals surface area contributed by atoms with Gasteiger partial charge in [0, 0.05) is 22.8 Å². The Bertz CT molecular complexity index is 1180. The molecule has 7 heteroatoms. The first-order valence-corrected chi connectivity index (χ1v) is 8.23. The highest BCUT2D eigenvalue weighted by Crippen LogP contribution is 2.30. The van der Waals surface area contributed by atoms with Crippen LogP contribution in [0.4, 0.5) is 17.6 Å². The third kappa shape index (κ3) is 3.34. The highest BCUT2D eigenvalue weighted by Gasteiger charge is 2.14. The molecule has 0 aliphatic heterocycles. The first-order chi connectivity index (χ1) is 13.5. The minimum atomic E-state index is -0.829. The number of aromatic nitrogens is 3. The molecule has 4 rings (SSSR count). The van der Waals surface area contributed by atoms with E-state index in [0.717, 1.165) is 12.1 Å². The Hall–Kier alpha value is -3.61. The van der Waals surface area contributed by atoms with Crippen LogP contribution in [0.15, 0.2) is 66.9 Å². The summed E-state index contributed by atoms with van der Waals surface area (Å²) in [5.74, 6) is -2.76. The van der Waals surface area contributed by atoms with Crippen molar-refractivity contribution in [2.45, 2.75) is 0 Å². The van der Waals surface area contributed by atoms with Crippen LogP contribution in [0.25, 0.3) is 33.8 Å². The third-order valence-corrected chi connectivity index (χ3v) is 4.16. The predicted molar refractivity (Wildman–Crippen MR) is 96.0 cm³/mol. The number of hydrogen-bond donors (Lipinski definition) is 0. The van der Waals surface area contributed by atoms with Crippen molar-refractivity contribution in [2.75, 3.05) is 0 Å². The van der Waals surface area contributed by atoms with E-state index in [-0.39, 0.29) is 28.2 Å². The van der Waals surface area contributed by atoms with Gasteiger partial charge < -0.3 is 0 Å². The zero-order chi connectivity index (χ0) is 19.7. The Morgan fingerprint density at radius 2 is 1.43 bits per heavy atom. The summed E-state index contributed by atoms with van der Waals surface area (Å²) in [4.78, 5) is 4.24. The van der Waals surface area contributed by atoms with Crippen molar-refractivity contribution in [3.8, 4) is 33.8 Å². The van der Waals surface area contributed by atoms with Gasteiger partial charge in [-0.2, -0.15) is 5.10 Å². The van der Waals surface area contributed by atoms with Crippen molar-refractivity contribution in [1.29, 1.82) is 0 Å². The van der Waals surface area contributed by atoms with Gasteiger partial charge in [-0.1, -0.05) is 18.2 Å². The summed E-state index contributed by atoms with van der Waals surface area (Å²) in [5.41, 5.74) is 0.870. The molecule has 0 aliphatic carbocycles. The molecule has 1 heterocycles. The molecular formula is C21H11F4N3. The van der Waals surface area contributed by atoms with Gasteiger partial charge in [0.2, 0.25) is 0 Å². The molecule has 0 saturated carbocycles. The molecule has 0 radical (unpaired) electrons. The molecule has 0 bridgehead atoms. The van der Waals surface area contributed by atoms with Crippen LogP contribution in [0, 0.1) is 23.3 Å². The molecule has 0 spiro atoms. The van der Waals surface area contributed by atoms with Crippen molar-refractivity contribution in [1.82, 2.24) is 15.2 Å². The average Bonchev–Trinajstić information content (AvgIpc) is 2.69. The van der Waals surface area contributed by atoms with Gasteiger partial charge in [0.25, 0.3) is 0 Å². The van der Waals surface area contributed by atoms with E-state index in [1.807, 2.05) is 0 Å². The third-order valence-electron chi connectivity index (χ3n) is 4.16. The van der Waals surface area contributed by atoms with Gasteiger partial charge in [-0.05, 0) is 36.4 Å². The van der Waals surface area contributed by atoms with Crippen LogP contribution in [0.1, 0.15) is 0 Å². The van der Waals surface area contributed by atoms with Crippen LogP contribution in [0.2, 0.25) is 0 Å². The summed E-state index contributed by atoms with van der Waals surface area (Å²) in [6, 6.07) is 12.9. The predicted octanol–water partition coefficient (Wildman–Crippen LogP) is 5.43. The number of hydrogen-bond acceptors (Lipinski definition) is 3. The number of halogens is 4. The average molecular weight is 381 g/mol. The molecule has 0 atom stereocenters. The van der Waals surface area contributed by atoms with Crippen LogP contribution in [0.5, 0.6) is 0 Å². The lowest BCUT2D eigenvalue weighted by atomic mass is 10.0. The summed E-state index contributed by atoms with van der Waals surface area (Å²) in [5, 5.41) is 7.58. The van der Waals surface area contributed by atoms with Crippen molar-refractivity contribution in [2.24, 2.45) is 0 Å². The summed E-state index contributed by atoms with van der Waals surface area (Å²) >= 11 is 0. The van der Waals surface area contributed by atoms with Crippen LogP contribution >= 0.6 is 0 Å². The van der Waals surface area contributed by atoms with E-state index in [4.69, 9.17) is 0 Å². The zero-order valence-corrected chi connectivity index (χ0v) is 14.2. The first-order valence-electron chi connectivity index (χ1n) is 8.23. The van der Waals surface area contributed by atoms with Gasteiger partial charge in [0.15, 0.2) is 5.82 Å². The van der Waals surface area contributed by atoms with Crippen LogP contribution in [-0.4, -0.2) is 15.2 Å². The Morgan fingerprint density at radius 3 is 2.21 bits per heavy atom. The zero-order valence-electron chi connectivity index (χ0n) is 14.2. The lowest BCUT2D eigenvalue weighted by Gasteiger charge is -2.09. The standard InChI is InChI=1S/C21H11F4N3/c22-13-6-7-15(19(25)10-13)21-27-20(11-26-28-21)12-5-8-18(24)16(9-12)14-3-1-2-4-17(14)23/h1-11H. The molecule has 0 amide bonds. The number of benzene rings is 3. The second-order valence-corrected chi connectivity index (χ2v) is 5.96. The van der Waals surface area contributed by atoms with Gasteiger partial charge in [0.05, 0.1) is 17.5 Å². The lowest BCUT2D eigenvalue weighted by Crippen LogP contribution is -1.98. The van der Waals surface area contributed by atoms with E-state index in [9.17, 15) is 17.6 Å². The maximum absolute atomic E-state index is 14.3. The van der Waals surface area contributed by atoms with E-state index in [1.165, 1.54) is 48.7 Å². The summed E-state index contributed by atoms with van der Waals surface area (Å²) in [7, 11) is 0. The monoisotopic (exact) mass is 381 g/mol. The largest absolute Gasteiger partial charge is 0.225 e. The molecule has 0 unspecified atom stereocenters. The van der Waals surface area contributed by atoms with E-state index in [1.54, 1.807) is 6.07 Å². The molecule has 0 aliphatic rings. The number of rotatable bonds is 3. The highest BCUT2D eigenvalue weighted by atomic mass is 19.1. The van der Waals surface area contributed by atoms with Gasteiger partial charge in [0.1, 0.15) is 23.3 Å². The molecule has 0 N–H and O–H groups in total. The van der Waals surface area contributed by atoms with Gasteiger partial charge >= 0.3 is 0 Å². The Kier molecular flexibility index (Phi) is 4.57.